The maximum Gasteiger partial charge on any atom is 0.338 e. The molecule has 0 spiro atoms. The summed E-state index contributed by atoms with van der Waals surface area (Å²) in [5.74, 6) is -1.97. The van der Waals surface area contributed by atoms with E-state index in [2.05, 4.69) is 10.0 Å². The number of anilines is 2. The van der Waals surface area contributed by atoms with Crippen LogP contribution in [0.1, 0.15) is 29.8 Å². The van der Waals surface area contributed by atoms with Crippen molar-refractivity contribution in [1.82, 2.24) is 0 Å². The number of esters is 1. The average molecular weight is 505 g/mol. The van der Waals surface area contributed by atoms with Crippen LogP contribution in [0.15, 0.2) is 71.6 Å². The van der Waals surface area contributed by atoms with E-state index in [-0.39, 0.29) is 21.2 Å². The zero-order chi connectivity index (χ0) is 24.9. The summed E-state index contributed by atoms with van der Waals surface area (Å²) in [6.07, 6.45) is -0.285. The maximum atomic E-state index is 13.1. The quantitative estimate of drug-likeness (QED) is 0.419. The number of sulfonamides is 1. The lowest BCUT2D eigenvalue weighted by atomic mass is 10.1. The Bertz CT molecular complexity index is 1300. The SMILES string of the molecule is CCc1ccc(NC(=O)C(C)OC(=O)c2ccc(Cl)c(S(=O)(=O)Nc3ccc(F)cc3)c2)cc1. The Labute approximate surface area is 202 Å². The van der Waals surface area contributed by atoms with Crippen molar-refractivity contribution in [2.75, 3.05) is 10.0 Å². The van der Waals surface area contributed by atoms with Gasteiger partial charge < -0.3 is 10.1 Å². The third-order valence-corrected chi connectivity index (χ3v) is 6.70. The van der Waals surface area contributed by atoms with Gasteiger partial charge in [0.2, 0.25) is 0 Å². The van der Waals surface area contributed by atoms with Gasteiger partial charge in [-0.1, -0.05) is 30.7 Å². The van der Waals surface area contributed by atoms with Crippen LogP contribution in [-0.2, 0) is 26.0 Å². The highest BCUT2D eigenvalue weighted by molar-refractivity contribution is 7.92. The molecule has 34 heavy (non-hydrogen) atoms. The second kappa shape index (κ2) is 10.7. The normalized spacial score (nSPS) is 12.0. The summed E-state index contributed by atoms with van der Waals surface area (Å²) in [7, 11) is -4.20. The highest BCUT2D eigenvalue weighted by atomic mass is 35.5. The number of ether oxygens (including phenoxy) is 1. The maximum absolute atomic E-state index is 13.1. The van der Waals surface area contributed by atoms with E-state index < -0.39 is 33.8 Å². The molecule has 0 saturated heterocycles. The molecule has 1 unspecified atom stereocenters. The number of amides is 1. The lowest BCUT2D eigenvalue weighted by Gasteiger charge is -2.15. The average Bonchev–Trinajstić information content (AvgIpc) is 2.81. The number of halogens is 2. The van der Waals surface area contributed by atoms with Gasteiger partial charge in [0, 0.05) is 11.4 Å². The number of aryl methyl sites for hydroxylation is 1. The first kappa shape index (κ1) is 25.2. The molecule has 3 aromatic carbocycles. The van der Waals surface area contributed by atoms with Crippen LogP contribution in [0, 0.1) is 5.82 Å². The molecule has 178 valence electrons. The summed E-state index contributed by atoms with van der Waals surface area (Å²) >= 11 is 6.05. The number of benzene rings is 3. The first-order valence-corrected chi connectivity index (χ1v) is 12.1. The van der Waals surface area contributed by atoms with E-state index in [9.17, 15) is 22.4 Å². The van der Waals surface area contributed by atoms with Gasteiger partial charge in [-0.25, -0.2) is 17.6 Å². The molecular formula is C24H22ClFN2O5S. The third kappa shape index (κ3) is 6.33. The molecule has 0 aliphatic carbocycles. The molecule has 0 aliphatic rings. The molecule has 7 nitrogen and oxygen atoms in total. The highest BCUT2D eigenvalue weighted by Crippen LogP contribution is 2.26. The van der Waals surface area contributed by atoms with Gasteiger partial charge in [-0.2, -0.15) is 0 Å². The monoisotopic (exact) mass is 504 g/mol. The number of nitrogens with one attached hydrogen (secondary N) is 2. The van der Waals surface area contributed by atoms with Crippen molar-refractivity contribution in [2.45, 2.75) is 31.3 Å². The van der Waals surface area contributed by atoms with E-state index in [1.165, 1.54) is 31.2 Å². The van der Waals surface area contributed by atoms with Crippen molar-refractivity contribution in [3.63, 3.8) is 0 Å². The van der Waals surface area contributed by atoms with E-state index >= 15 is 0 Å². The standard InChI is InChI=1S/C24H22ClFN2O5S/c1-3-16-4-9-19(10-5-16)27-23(29)15(2)33-24(30)17-6-13-21(25)22(14-17)34(31,32)28-20-11-7-18(26)8-12-20/h4-15,28H,3H2,1-2H3,(H,27,29). The van der Waals surface area contributed by atoms with Gasteiger partial charge in [-0.15, -0.1) is 0 Å². The molecule has 1 atom stereocenters. The third-order valence-electron chi connectivity index (χ3n) is 4.84. The molecule has 0 fully saturated rings. The second-order valence-electron chi connectivity index (χ2n) is 7.34. The Hall–Kier alpha value is -3.43. The Balaban J connectivity index is 1.71. The van der Waals surface area contributed by atoms with Gasteiger partial charge in [0.1, 0.15) is 10.7 Å². The molecule has 0 heterocycles. The van der Waals surface area contributed by atoms with Crippen LogP contribution < -0.4 is 10.0 Å². The van der Waals surface area contributed by atoms with E-state index in [1.54, 1.807) is 12.1 Å². The van der Waals surface area contributed by atoms with E-state index in [0.717, 1.165) is 30.2 Å². The van der Waals surface area contributed by atoms with E-state index in [0.29, 0.717) is 5.69 Å². The van der Waals surface area contributed by atoms with Crippen LogP contribution in [-0.4, -0.2) is 26.4 Å². The summed E-state index contributed by atoms with van der Waals surface area (Å²) in [6.45, 7) is 3.42. The van der Waals surface area contributed by atoms with E-state index in [4.69, 9.17) is 16.3 Å². The van der Waals surface area contributed by atoms with Crippen molar-refractivity contribution in [3.05, 3.63) is 88.7 Å². The predicted molar refractivity (Wildman–Crippen MR) is 128 cm³/mol. The molecule has 3 rings (SSSR count). The topological polar surface area (TPSA) is 102 Å². The lowest BCUT2D eigenvalue weighted by molar-refractivity contribution is -0.123. The zero-order valence-electron chi connectivity index (χ0n) is 18.3. The molecule has 0 aliphatic heterocycles. The first-order chi connectivity index (χ1) is 16.1. The Morgan fingerprint density at radius 2 is 1.62 bits per heavy atom. The van der Waals surface area contributed by atoms with Gasteiger partial charge >= 0.3 is 5.97 Å². The molecule has 0 bridgehead atoms. The molecule has 0 radical (unpaired) electrons. The summed E-state index contributed by atoms with van der Waals surface area (Å²) in [4.78, 5) is 24.6. The van der Waals surface area contributed by atoms with Crippen LogP contribution in [0.4, 0.5) is 15.8 Å². The number of carbonyl (C=O) groups excluding carboxylic acids is 2. The number of carbonyl (C=O) groups is 2. The molecule has 1 amide bonds. The number of rotatable bonds is 8. The Morgan fingerprint density at radius 1 is 1.00 bits per heavy atom. The van der Waals surface area contributed by atoms with Crippen molar-refractivity contribution in [3.8, 4) is 0 Å². The van der Waals surface area contributed by atoms with Gasteiger partial charge in [0.15, 0.2) is 6.10 Å². The van der Waals surface area contributed by atoms with Crippen molar-refractivity contribution in [1.29, 1.82) is 0 Å². The Kier molecular flexibility index (Phi) is 7.90. The minimum atomic E-state index is -4.20. The number of hydrogen-bond donors (Lipinski definition) is 2. The van der Waals surface area contributed by atoms with Gasteiger partial charge in [0.05, 0.1) is 10.6 Å². The molecule has 3 aromatic rings. The van der Waals surface area contributed by atoms with Crippen LogP contribution in [0.5, 0.6) is 0 Å². The van der Waals surface area contributed by atoms with E-state index in [1.807, 2.05) is 19.1 Å². The molecule has 0 aromatic heterocycles. The minimum Gasteiger partial charge on any atom is -0.449 e. The summed E-state index contributed by atoms with van der Waals surface area (Å²) in [5, 5.41) is 2.52. The van der Waals surface area contributed by atoms with Gasteiger partial charge in [-0.3, -0.25) is 9.52 Å². The molecule has 10 heteroatoms. The fourth-order valence-electron chi connectivity index (χ4n) is 2.91. The fraction of sp³-hybridized carbons (Fsp3) is 0.167. The van der Waals surface area contributed by atoms with Crippen LogP contribution in [0.3, 0.4) is 0 Å². The smallest absolute Gasteiger partial charge is 0.338 e. The Morgan fingerprint density at radius 3 is 2.24 bits per heavy atom. The van der Waals surface area contributed by atoms with Gasteiger partial charge in [0.25, 0.3) is 15.9 Å². The first-order valence-electron chi connectivity index (χ1n) is 10.3. The molecular weight excluding hydrogens is 483 g/mol. The van der Waals surface area contributed by atoms with Gasteiger partial charge in [-0.05, 0) is 73.5 Å². The number of hydrogen-bond acceptors (Lipinski definition) is 5. The van der Waals surface area contributed by atoms with Crippen molar-refractivity contribution in [2.24, 2.45) is 0 Å². The van der Waals surface area contributed by atoms with Crippen molar-refractivity contribution >= 4 is 44.9 Å². The van der Waals surface area contributed by atoms with Crippen LogP contribution >= 0.6 is 11.6 Å². The van der Waals surface area contributed by atoms with Crippen LogP contribution in [0.25, 0.3) is 0 Å². The summed E-state index contributed by atoms with van der Waals surface area (Å²) in [6, 6.07) is 15.5. The highest BCUT2D eigenvalue weighted by Gasteiger charge is 2.23. The second-order valence-corrected chi connectivity index (χ2v) is 9.40. The molecule has 2 N–H and O–H groups in total. The minimum absolute atomic E-state index is 0.114. The van der Waals surface area contributed by atoms with Crippen molar-refractivity contribution < 1.29 is 27.1 Å². The molecule has 0 saturated carbocycles. The van der Waals surface area contributed by atoms with Crippen LogP contribution in [0.2, 0.25) is 5.02 Å². The fourth-order valence-corrected chi connectivity index (χ4v) is 4.50. The lowest BCUT2D eigenvalue weighted by Crippen LogP contribution is -2.30. The largest absolute Gasteiger partial charge is 0.449 e. The predicted octanol–water partition coefficient (Wildman–Crippen LogP) is 5.03. The summed E-state index contributed by atoms with van der Waals surface area (Å²) in [5.41, 5.74) is 1.66. The zero-order valence-corrected chi connectivity index (χ0v) is 19.9. The summed E-state index contributed by atoms with van der Waals surface area (Å²) < 4.78 is 46.1.